The number of anilines is 1. The molecule has 9 nitrogen and oxygen atoms in total. The number of amides is 2. The van der Waals surface area contributed by atoms with Gasteiger partial charge in [-0.15, -0.1) is 10.2 Å². The van der Waals surface area contributed by atoms with Gasteiger partial charge in [-0.05, 0) is 67.3 Å². The van der Waals surface area contributed by atoms with Crippen molar-refractivity contribution in [3.8, 4) is 22.8 Å². The summed E-state index contributed by atoms with van der Waals surface area (Å²) < 4.78 is 10.2. The van der Waals surface area contributed by atoms with Crippen molar-refractivity contribution < 1.29 is 9.53 Å². The zero-order valence-electron chi connectivity index (χ0n) is 27.0. The van der Waals surface area contributed by atoms with Crippen LogP contribution in [0.2, 0.25) is 10.0 Å². The Morgan fingerprint density at radius 1 is 0.896 bits per heavy atom. The Morgan fingerprint density at radius 2 is 1.62 bits per heavy atom. The molecule has 0 fully saturated rings. The van der Waals surface area contributed by atoms with Gasteiger partial charge < -0.3 is 10.1 Å². The molecule has 0 saturated heterocycles. The molecular weight excluding hydrogens is 645 g/mol. The van der Waals surface area contributed by atoms with E-state index in [0.29, 0.717) is 51.5 Å². The SMILES string of the molecule is Cc1ccc(-n2nc(C(C)(C)C)cc2NC(=O)N[C@H]2CC[C@@H](Oc3ccc4nnc(-c5c(Cl)cccc5Cl)n4c3)c3ccccc32)cc1. The molecule has 0 bridgehead atoms. The van der Waals surface area contributed by atoms with Gasteiger partial charge in [-0.3, -0.25) is 9.72 Å². The van der Waals surface area contributed by atoms with Crippen molar-refractivity contribution in [3.63, 3.8) is 0 Å². The second-order valence-corrected chi connectivity index (χ2v) is 13.9. The van der Waals surface area contributed by atoms with E-state index < -0.39 is 0 Å². The molecule has 1 aliphatic carbocycles. The van der Waals surface area contributed by atoms with Crippen LogP contribution in [-0.4, -0.2) is 30.4 Å². The second kappa shape index (κ2) is 12.6. The smallest absolute Gasteiger partial charge is 0.320 e. The van der Waals surface area contributed by atoms with E-state index in [0.717, 1.165) is 28.1 Å². The molecule has 3 heterocycles. The maximum Gasteiger partial charge on any atom is 0.320 e. The molecule has 11 heteroatoms. The number of hydrogen-bond acceptors (Lipinski definition) is 5. The van der Waals surface area contributed by atoms with Crippen molar-refractivity contribution in [1.29, 1.82) is 0 Å². The molecule has 3 aromatic heterocycles. The molecule has 0 saturated carbocycles. The van der Waals surface area contributed by atoms with Crippen LogP contribution in [0, 0.1) is 6.92 Å². The molecule has 0 aliphatic heterocycles. The van der Waals surface area contributed by atoms with Gasteiger partial charge in [0.2, 0.25) is 0 Å². The highest BCUT2D eigenvalue weighted by Gasteiger charge is 2.30. The number of halogens is 2. The molecule has 2 atom stereocenters. The first kappa shape index (κ1) is 31.7. The van der Waals surface area contributed by atoms with Gasteiger partial charge >= 0.3 is 6.03 Å². The lowest BCUT2D eigenvalue weighted by Crippen LogP contribution is -2.36. The molecule has 0 radical (unpaired) electrons. The Bertz CT molecular complexity index is 2110. The van der Waals surface area contributed by atoms with E-state index >= 15 is 0 Å². The first-order valence-corrected chi connectivity index (χ1v) is 16.6. The Labute approximate surface area is 288 Å². The number of rotatable bonds is 6. The summed E-state index contributed by atoms with van der Waals surface area (Å²) in [6.45, 7) is 8.36. The number of carbonyl (C=O) groups excluding carboxylic acids is 1. The fraction of sp³-hybridized carbons (Fsp3) is 0.243. The molecule has 3 aromatic carbocycles. The van der Waals surface area contributed by atoms with E-state index in [-0.39, 0.29) is 23.6 Å². The van der Waals surface area contributed by atoms with Crippen LogP contribution in [0.3, 0.4) is 0 Å². The second-order valence-electron chi connectivity index (χ2n) is 13.1. The molecule has 244 valence electrons. The third kappa shape index (κ3) is 6.23. The van der Waals surface area contributed by atoms with Crippen LogP contribution in [0.15, 0.2) is 91.1 Å². The van der Waals surface area contributed by atoms with Gasteiger partial charge in [-0.2, -0.15) is 5.10 Å². The number of pyridine rings is 1. The summed E-state index contributed by atoms with van der Waals surface area (Å²) >= 11 is 13.0. The highest BCUT2D eigenvalue weighted by molar-refractivity contribution is 6.39. The van der Waals surface area contributed by atoms with Crippen molar-refractivity contribution in [1.82, 2.24) is 29.7 Å². The molecule has 2 N–H and O–H groups in total. The van der Waals surface area contributed by atoms with Gasteiger partial charge in [0.1, 0.15) is 17.7 Å². The summed E-state index contributed by atoms with van der Waals surface area (Å²) in [5.74, 6) is 1.78. The molecule has 2 amide bonds. The largest absolute Gasteiger partial charge is 0.484 e. The van der Waals surface area contributed by atoms with Crippen LogP contribution < -0.4 is 15.4 Å². The normalized spacial score (nSPS) is 16.0. The van der Waals surface area contributed by atoms with Gasteiger partial charge in [0, 0.05) is 11.5 Å². The summed E-state index contributed by atoms with van der Waals surface area (Å²) in [5.41, 5.74) is 6.01. The Morgan fingerprint density at radius 3 is 2.35 bits per heavy atom. The molecular formula is C37H35Cl2N7O2. The summed E-state index contributed by atoms with van der Waals surface area (Å²) in [4.78, 5) is 13.5. The number of aromatic nitrogens is 5. The summed E-state index contributed by atoms with van der Waals surface area (Å²) in [7, 11) is 0. The van der Waals surface area contributed by atoms with E-state index in [1.54, 1.807) is 22.9 Å². The van der Waals surface area contributed by atoms with Crippen LogP contribution in [0.25, 0.3) is 22.7 Å². The minimum atomic E-state index is -0.299. The van der Waals surface area contributed by atoms with Crippen LogP contribution >= 0.6 is 23.2 Å². The number of fused-ring (bicyclic) bond motifs is 2. The molecule has 7 rings (SSSR count). The maximum absolute atomic E-state index is 13.5. The highest BCUT2D eigenvalue weighted by Crippen LogP contribution is 2.40. The maximum atomic E-state index is 13.5. The van der Waals surface area contributed by atoms with Crippen molar-refractivity contribution >= 4 is 40.7 Å². The Hall–Kier alpha value is -4.86. The number of carbonyl (C=O) groups is 1. The fourth-order valence-electron chi connectivity index (χ4n) is 6.04. The molecule has 6 aromatic rings. The highest BCUT2D eigenvalue weighted by atomic mass is 35.5. The van der Waals surface area contributed by atoms with Gasteiger partial charge in [0.05, 0.1) is 39.2 Å². The van der Waals surface area contributed by atoms with Gasteiger partial charge in [-0.1, -0.05) is 92.0 Å². The summed E-state index contributed by atoms with van der Waals surface area (Å²) in [5, 5.41) is 20.8. The lowest BCUT2D eigenvalue weighted by atomic mass is 9.85. The third-order valence-corrected chi connectivity index (χ3v) is 9.21. The van der Waals surface area contributed by atoms with Crippen molar-refractivity contribution in [2.75, 3.05) is 5.32 Å². The minimum absolute atomic E-state index is 0.192. The monoisotopic (exact) mass is 679 g/mol. The third-order valence-electron chi connectivity index (χ3n) is 8.58. The van der Waals surface area contributed by atoms with E-state index in [1.165, 1.54) is 0 Å². The van der Waals surface area contributed by atoms with E-state index in [4.69, 9.17) is 33.0 Å². The van der Waals surface area contributed by atoms with Crippen molar-refractivity contribution in [3.05, 3.63) is 124 Å². The number of hydrogen-bond donors (Lipinski definition) is 2. The lowest BCUT2D eigenvalue weighted by Gasteiger charge is -2.32. The van der Waals surface area contributed by atoms with Crippen LogP contribution in [-0.2, 0) is 5.41 Å². The van der Waals surface area contributed by atoms with Crippen LogP contribution in [0.4, 0.5) is 10.6 Å². The van der Waals surface area contributed by atoms with Gasteiger partial charge in [0.25, 0.3) is 0 Å². The van der Waals surface area contributed by atoms with Crippen LogP contribution in [0.5, 0.6) is 5.75 Å². The van der Waals surface area contributed by atoms with Crippen molar-refractivity contribution in [2.24, 2.45) is 0 Å². The first-order valence-electron chi connectivity index (χ1n) is 15.8. The Balaban J connectivity index is 1.11. The summed E-state index contributed by atoms with van der Waals surface area (Å²) in [6.07, 6.45) is 3.02. The fourth-order valence-corrected chi connectivity index (χ4v) is 6.61. The number of nitrogens with zero attached hydrogens (tertiary/aromatic N) is 5. The average molecular weight is 681 g/mol. The number of urea groups is 1. The van der Waals surface area contributed by atoms with E-state index in [1.807, 2.05) is 78.2 Å². The summed E-state index contributed by atoms with van der Waals surface area (Å²) in [6, 6.07) is 26.7. The van der Waals surface area contributed by atoms with E-state index in [9.17, 15) is 4.79 Å². The number of nitrogens with one attached hydrogen (secondary N) is 2. The van der Waals surface area contributed by atoms with E-state index in [2.05, 4.69) is 47.7 Å². The van der Waals surface area contributed by atoms with Gasteiger partial charge in [0.15, 0.2) is 11.5 Å². The zero-order valence-corrected chi connectivity index (χ0v) is 28.5. The lowest BCUT2D eigenvalue weighted by molar-refractivity contribution is 0.171. The molecule has 0 spiro atoms. The minimum Gasteiger partial charge on any atom is -0.484 e. The topological polar surface area (TPSA) is 98.4 Å². The standard InChI is InChI=1S/C37H35Cl2N7O2/c1-22-12-14-23(15-13-22)46-33(20-31(44-46)37(2,3)4)41-36(47)40-29-17-18-30(26-9-6-5-8-25(26)29)48-24-16-19-32-42-43-35(45(32)21-24)34-27(38)10-7-11-28(34)39/h5-16,19-21,29-30H,17-18H2,1-4H3,(H2,40,41,47)/t29-,30+/m0/s1. The van der Waals surface area contributed by atoms with Crippen molar-refractivity contribution in [2.45, 2.75) is 58.1 Å². The van der Waals surface area contributed by atoms with Crippen LogP contribution in [0.1, 0.15) is 68.1 Å². The zero-order chi connectivity index (χ0) is 33.6. The molecule has 0 unspecified atom stereocenters. The molecule has 1 aliphatic rings. The predicted molar refractivity (Wildman–Crippen MR) is 189 cm³/mol. The average Bonchev–Trinajstić information content (AvgIpc) is 3.67. The number of aryl methyl sites for hydroxylation is 1. The van der Waals surface area contributed by atoms with Gasteiger partial charge in [-0.25, -0.2) is 9.48 Å². The molecule has 48 heavy (non-hydrogen) atoms. The Kier molecular flexibility index (Phi) is 8.35. The first-order chi connectivity index (χ1) is 23.0. The predicted octanol–water partition coefficient (Wildman–Crippen LogP) is 9.27. The quantitative estimate of drug-likeness (QED) is 0.183. The number of ether oxygens (including phenoxy) is 1. The number of benzene rings is 3.